The van der Waals surface area contributed by atoms with Gasteiger partial charge in [-0.3, -0.25) is 4.79 Å². The van der Waals surface area contributed by atoms with Crippen LogP contribution in [0, 0.1) is 11.3 Å². The molecule has 0 aromatic heterocycles. The average molecular weight is 210 g/mol. The highest BCUT2D eigenvalue weighted by molar-refractivity contribution is 5.82. The predicted molar refractivity (Wildman–Crippen MR) is 60.3 cm³/mol. The van der Waals surface area contributed by atoms with Crippen molar-refractivity contribution in [2.45, 2.75) is 45.6 Å². The van der Waals surface area contributed by atoms with Gasteiger partial charge in [-0.25, -0.2) is 0 Å². The zero-order valence-corrected chi connectivity index (χ0v) is 9.83. The molecule has 2 N–H and O–H groups in total. The highest BCUT2D eigenvalue weighted by Gasteiger charge is 2.52. The first-order valence-corrected chi connectivity index (χ1v) is 6.07. The third kappa shape index (κ3) is 2.03. The lowest BCUT2D eigenvalue weighted by Gasteiger charge is -2.35. The van der Waals surface area contributed by atoms with E-state index in [1.54, 1.807) is 0 Å². The van der Waals surface area contributed by atoms with Crippen molar-refractivity contribution < 1.29 is 4.79 Å². The molecule has 2 atom stereocenters. The molecular formula is C12H22N2O. The highest BCUT2D eigenvalue weighted by Crippen LogP contribution is 2.52. The van der Waals surface area contributed by atoms with Crippen LogP contribution in [0.25, 0.3) is 0 Å². The summed E-state index contributed by atoms with van der Waals surface area (Å²) in [4.78, 5) is 14.3. The molecule has 2 fully saturated rings. The van der Waals surface area contributed by atoms with Crippen molar-refractivity contribution in [2.75, 3.05) is 13.1 Å². The molecule has 1 heterocycles. The van der Waals surface area contributed by atoms with E-state index in [4.69, 9.17) is 5.73 Å². The Hall–Kier alpha value is -0.570. The molecule has 0 bridgehead atoms. The standard InChI is InChI=1S/C12H22N2O/c1-12(2)7-10(12)11(15)14-6-4-3-5-9(14)8-13/h9-10H,3-8,13H2,1-2H3. The molecule has 3 nitrogen and oxygen atoms in total. The summed E-state index contributed by atoms with van der Waals surface area (Å²) in [7, 11) is 0. The van der Waals surface area contributed by atoms with Gasteiger partial charge in [0, 0.05) is 25.0 Å². The number of nitrogens with two attached hydrogens (primary N) is 1. The second-order valence-corrected chi connectivity index (χ2v) is 5.66. The normalized spacial score (nSPS) is 33.9. The topological polar surface area (TPSA) is 46.3 Å². The molecule has 15 heavy (non-hydrogen) atoms. The van der Waals surface area contributed by atoms with E-state index in [0.29, 0.717) is 18.5 Å². The van der Waals surface area contributed by atoms with Crippen LogP contribution in [0.4, 0.5) is 0 Å². The summed E-state index contributed by atoms with van der Waals surface area (Å²) in [6.07, 6.45) is 4.52. The number of amides is 1. The molecule has 1 saturated carbocycles. The van der Waals surface area contributed by atoms with Crippen molar-refractivity contribution in [3.8, 4) is 0 Å². The SMILES string of the molecule is CC1(C)CC1C(=O)N1CCCCC1CN. The van der Waals surface area contributed by atoms with Crippen molar-refractivity contribution in [2.24, 2.45) is 17.1 Å². The minimum atomic E-state index is 0.244. The van der Waals surface area contributed by atoms with Gasteiger partial charge < -0.3 is 10.6 Å². The molecule has 0 spiro atoms. The molecule has 1 aliphatic heterocycles. The summed E-state index contributed by atoms with van der Waals surface area (Å²) in [5.74, 6) is 0.625. The lowest BCUT2D eigenvalue weighted by molar-refractivity contribution is -0.136. The van der Waals surface area contributed by atoms with Gasteiger partial charge in [0.25, 0.3) is 0 Å². The molecule has 1 amide bonds. The van der Waals surface area contributed by atoms with Crippen LogP contribution in [0.1, 0.15) is 39.5 Å². The number of nitrogens with zero attached hydrogens (tertiary/aromatic N) is 1. The van der Waals surface area contributed by atoms with E-state index in [0.717, 1.165) is 25.8 Å². The van der Waals surface area contributed by atoms with Crippen molar-refractivity contribution in [3.63, 3.8) is 0 Å². The number of piperidine rings is 1. The van der Waals surface area contributed by atoms with E-state index < -0.39 is 0 Å². The number of likely N-dealkylation sites (tertiary alicyclic amines) is 1. The van der Waals surface area contributed by atoms with Crippen molar-refractivity contribution in [1.29, 1.82) is 0 Å². The summed E-state index contributed by atoms with van der Waals surface area (Å²) in [5, 5.41) is 0. The number of hydrogen-bond acceptors (Lipinski definition) is 2. The Labute approximate surface area is 92.0 Å². The minimum absolute atomic E-state index is 0.244. The van der Waals surface area contributed by atoms with Crippen LogP contribution in [0.5, 0.6) is 0 Å². The number of carbonyl (C=O) groups is 1. The highest BCUT2D eigenvalue weighted by atomic mass is 16.2. The van der Waals surface area contributed by atoms with Crippen molar-refractivity contribution in [1.82, 2.24) is 4.90 Å². The van der Waals surface area contributed by atoms with Crippen LogP contribution in [-0.2, 0) is 4.79 Å². The molecule has 3 heteroatoms. The Morgan fingerprint density at radius 3 is 2.67 bits per heavy atom. The van der Waals surface area contributed by atoms with Crippen molar-refractivity contribution in [3.05, 3.63) is 0 Å². The maximum Gasteiger partial charge on any atom is 0.226 e. The molecule has 2 unspecified atom stereocenters. The molecule has 2 aliphatic rings. The molecule has 0 aromatic carbocycles. The van der Waals surface area contributed by atoms with Gasteiger partial charge in [0.05, 0.1) is 0 Å². The first kappa shape index (κ1) is 10.9. The van der Waals surface area contributed by atoms with Gasteiger partial charge in [0.2, 0.25) is 5.91 Å². The van der Waals surface area contributed by atoms with E-state index >= 15 is 0 Å². The molecule has 1 saturated heterocycles. The molecule has 2 rings (SSSR count). The molecule has 0 radical (unpaired) electrons. The van der Waals surface area contributed by atoms with Gasteiger partial charge in [-0.1, -0.05) is 13.8 Å². The lowest BCUT2D eigenvalue weighted by atomic mass is 10.0. The summed E-state index contributed by atoms with van der Waals surface area (Å²) in [5.41, 5.74) is 5.97. The fourth-order valence-electron chi connectivity index (χ4n) is 2.62. The second kappa shape index (κ2) is 3.78. The van der Waals surface area contributed by atoms with E-state index in [-0.39, 0.29) is 11.3 Å². The summed E-state index contributed by atoms with van der Waals surface area (Å²) in [6.45, 7) is 5.90. The zero-order chi connectivity index (χ0) is 11.1. The Morgan fingerprint density at radius 2 is 2.13 bits per heavy atom. The van der Waals surface area contributed by atoms with Crippen LogP contribution < -0.4 is 5.73 Å². The smallest absolute Gasteiger partial charge is 0.226 e. The maximum absolute atomic E-state index is 12.2. The monoisotopic (exact) mass is 210 g/mol. The van der Waals surface area contributed by atoms with Crippen LogP contribution >= 0.6 is 0 Å². The summed E-state index contributed by atoms with van der Waals surface area (Å²) in [6, 6.07) is 0.308. The van der Waals surface area contributed by atoms with E-state index in [2.05, 4.69) is 13.8 Å². The molecule has 1 aliphatic carbocycles. The Kier molecular flexibility index (Phi) is 2.75. The summed E-state index contributed by atoms with van der Waals surface area (Å²) >= 11 is 0. The van der Waals surface area contributed by atoms with Gasteiger partial charge in [0.15, 0.2) is 0 Å². The van der Waals surface area contributed by atoms with Crippen LogP contribution in [-0.4, -0.2) is 29.9 Å². The average Bonchev–Trinajstić information content (AvgIpc) is 2.86. The molecular weight excluding hydrogens is 188 g/mol. The van der Waals surface area contributed by atoms with Gasteiger partial charge >= 0.3 is 0 Å². The van der Waals surface area contributed by atoms with E-state index in [9.17, 15) is 4.79 Å². The van der Waals surface area contributed by atoms with E-state index in [1.807, 2.05) is 4.90 Å². The van der Waals surface area contributed by atoms with Gasteiger partial charge in [-0.2, -0.15) is 0 Å². The maximum atomic E-state index is 12.2. The number of carbonyl (C=O) groups excluding carboxylic acids is 1. The zero-order valence-electron chi connectivity index (χ0n) is 9.83. The third-order valence-electron chi connectivity index (χ3n) is 3.99. The van der Waals surface area contributed by atoms with Crippen molar-refractivity contribution >= 4 is 5.91 Å². The molecule has 0 aromatic rings. The Bertz CT molecular complexity index is 262. The lowest BCUT2D eigenvalue weighted by Crippen LogP contribution is -2.48. The quantitative estimate of drug-likeness (QED) is 0.748. The van der Waals surface area contributed by atoms with Crippen LogP contribution in [0.15, 0.2) is 0 Å². The summed E-state index contributed by atoms with van der Waals surface area (Å²) < 4.78 is 0. The fourth-order valence-corrected chi connectivity index (χ4v) is 2.62. The van der Waals surface area contributed by atoms with Crippen LogP contribution in [0.2, 0.25) is 0 Å². The van der Waals surface area contributed by atoms with E-state index in [1.165, 1.54) is 6.42 Å². The fraction of sp³-hybridized carbons (Fsp3) is 0.917. The van der Waals surface area contributed by atoms with Gasteiger partial charge in [-0.05, 0) is 31.1 Å². The minimum Gasteiger partial charge on any atom is -0.338 e. The van der Waals surface area contributed by atoms with Crippen LogP contribution in [0.3, 0.4) is 0 Å². The number of hydrogen-bond donors (Lipinski definition) is 1. The van der Waals surface area contributed by atoms with Gasteiger partial charge in [0.1, 0.15) is 0 Å². The largest absolute Gasteiger partial charge is 0.338 e. The molecule has 86 valence electrons. The number of rotatable bonds is 2. The Morgan fingerprint density at radius 1 is 1.47 bits per heavy atom. The third-order valence-corrected chi connectivity index (χ3v) is 3.99. The predicted octanol–water partition coefficient (Wildman–Crippen LogP) is 1.37. The van der Waals surface area contributed by atoms with Gasteiger partial charge in [-0.15, -0.1) is 0 Å². The second-order valence-electron chi connectivity index (χ2n) is 5.66. The Balaban J connectivity index is 1.99. The first-order valence-electron chi connectivity index (χ1n) is 6.07. The first-order chi connectivity index (χ1) is 7.06.